The molecule has 0 spiro atoms. The van der Waals surface area contributed by atoms with E-state index >= 15 is 0 Å². The number of nitrogens with two attached hydrogens (primary N) is 1. The number of thiol groups is 1. The van der Waals surface area contributed by atoms with E-state index in [1.165, 1.54) is 70.6 Å². The lowest BCUT2D eigenvalue weighted by atomic mass is 10.0. The number of carbonyl (C=O) groups excluding carboxylic acids is 2. The molecule has 4 nitrogen and oxygen atoms in total. The average Bonchev–Trinajstić information content (AvgIpc) is 2.67. The highest BCUT2D eigenvalue weighted by Crippen LogP contribution is 2.13. The van der Waals surface area contributed by atoms with Crippen molar-refractivity contribution in [3.63, 3.8) is 0 Å². The predicted molar refractivity (Wildman–Crippen MR) is 119 cm³/mol. The number of nitrogens with one attached hydrogen (secondary N) is 1. The molecule has 0 aliphatic rings. The van der Waals surface area contributed by atoms with E-state index in [-0.39, 0.29) is 5.91 Å². The second kappa shape index (κ2) is 20.2. The molecule has 0 bridgehead atoms. The molecule has 160 valence electrons. The number of ketones is 1. The maximum absolute atomic E-state index is 11.8. The van der Waals surface area contributed by atoms with Gasteiger partial charge in [0.15, 0.2) is 0 Å². The summed E-state index contributed by atoms with van der Waals surface area (Å²) in [6.07, 6.45) is 19.1. The number of hydrogen-bond acceptors (Lipinski definition) is 4. The lowest BCUT2D eigenvalue weighted by Gasteiger charge is -2.09. The molecular weight excluding hydrogens is 356 g/mol. The molecule has 3 N–H and O–H groups in total. The molecule has 0 aliphatic carbocycles. The molecule has 0 rings (SSSR count). The van der Waals surface area contributed by atoms with Crippen LogP contribution < -0.4 is 11.1 Å². The first-order valence-electron chi connectivity index (χ1n) is 11.3. The topological polar surface area (TPSA) is 72.2 Å². The van der Waals surface area contributed by atoms with Gasteiger partial charge in [0.05, 0.1) is 6.04 Å². The zero-order chi connectivity index (χ0) is 20.2. The summed E-state index contributed by atoms with van der Waals surface area (Å²) < 4.78 is 0. The number of amides is 1. The highest BCUT2D eigenvalue weighted by Gasteiger charge is 2.10. The van der Waals surface area contributed by atoms with Crippen LogP contribution in [0.4, 0.5) is 0 Å². The molecule has 0 aromatic carbocycles. The summed E-state index contributed by atoms with van der Waals surface area (Å²) in [6.45, 7) is 2.78. The van der Waals surface area contributed by atoms with Crippen molar-refractivity contribution in [2.75, 3.05) is 12.3 Å². The Hall–Kier alpha value is -0.550. The maximum atomic E-state index is 11.8. The first-order valence-corrected chi connectivity index (χ1v) is 11.9. The maximum Gasteiger partial charge on any atom is 0.237 e. The molecule has 0 saturated carbocycles. The van der Waals surface area contributed by atoms with Crippen LogP contribution in [0.25, 0.3) is 0 Å². The molecule has 0 heterocycles. The monoisotopic (exact) mass is 400 g/mol. The second-order valence-electron chi connectivity index (χ2n) is 7.71. The van der Waals surface area contributed by atoms with Crippen molar-refractivity contribution in [3.05, 3.63) is 0 Å². The fourth-order valence-corrected chi connectivity index (χ4v) is 3.34. The van der Waals surface area contributed by atoms with Gasteiger partial charge in [-0.15, -0.1) is 0 Å². The van der Waals surface area contributed by atoms with Gasteiger partial charge in [0.25, 0.3) is 0 Å². The molecule has 27 heavy (non-hydrogen) atoms. The first-order chi connectivity index (χ1) is 13.1. The van der Waals surface area contributed by atoms with Crippen molar-refractivity contribution in [2.24, 2.45) is 5.73 Å². The number of Topliss-reactive ketones (excluding diaryl/α,β-unsaturated/α-hetero) is 1. The third kappa shape index (κ3) is 18.6. The van der Waals surface area contributed by atoms with Crippen LogP contribution in [0.1, 0.15) is 110 Å². The van der Waals surface area contributed by atoms with Crippen molar-refractivity contribution < 1.29 is 9.59 Å². The van der Waals surface area contributed by atoms with Gasteiger partial charge in [-0.25, -0.2) is 0 Å². The molecule has 0 aromatic heterocycles. The second-order valence-corrected chi connectivity index (χ2v) is 8.08. The van der Waals surface area contributed by atoms with E-state index in [1.807, 2.05) is 0 Å². The van der Waals surface area contributed by atoms with Crippen molar-refractivity contribution >= 4 is 24.3 Å². The van der Waals surface area contributed by atoms with Gasteiger partial charge in [-0.3, -0.25) is 9.59 Å². The van der Waals surface area contributed by atoms with Crippen LogP contribution in [0.15, 0.2) is 0 Å². The quantitative estimate of drug-likeness (QED) is 0.194. The van der Waals surface area contributed by atoms with Crippen LogP contribution in [0.2, 0.25) is 0 Å². The number of rotatable bonds is 20. The van der Waals surface area contributed by atoms with Crippen LogP contribution in [0, 0.1) is 0 Å². The van der Waals surface area contributed by atoms with Crippen LogP contribution in [-0.4, -0.2) is 30.0 Å². The Balaban J connectivity index is 3.26. The van der Waals surface area contributed by atoms with Crippen LogP contribution in [0.5, 0.6) is 0 Å². The van der Waals surface area contributed by atoms with E-state index in [1.54, 1.807) is 0 Å². The van der Waals surface area contributed by atoms with Gasteiger partial charge in [-0.1, -0.05) is 84.0 Å². The Kier molecular flexibility index (Phi) is 19.8. The molecule has 1 atom stereocenters. The van der Waals surface area contributed by atoms with E-state index in [2.05, 4.69) is 24.9 Å². The summed E-state index contributed by atoms with van der Waals surface area (Å²) in [7, 11) is 0. The molecule has 0 radical (unpaired) electrons. The summed E-state index contributed by atoms with van der Waals surface area (Å²) in [6, 6.07) is -0.560. The average molecular weight is 401 g/mol. The van der Waals surface area contributed by atoms with Crippen LogP contribution >= 0.6 is 12.6 Å². The Bertz CT molecular complexity index is 364. The third-order valence-corrected chi connectivity index (χ3v) is 5.42. The molecule has 0 saturated heterocycles. The molecule has 1 amide bonds. The van der Waals surface area contributed by atoms with Gasteiger partial charge >= 0.3 is 0 Å². The van der Waals surface area contributed by atoms with Crippen molar-refractivity contribution in [3.8, 4) is 0 Å². The highest BCUT2D eigenvalue weighted by molar-refractivity contribution is 7.80. The molecular formula is C22H44N2O2S. The molecule has 5 heteroatoms. The zero-order valence-electron chi connectivity index (χ0n) is 17.6. The molecule has 0 aliphatic heterocycles. The lowest BCUT2D eigenvalue weighted by molar-refractivity contribution is -0.122. The van der Waals surface area contributed by atoms with Crippen LogP contribution in [0.3, 0.4) is 0 Å². The van der Waals surface area contributed by atoms with Crippen molar-refractivity contribution in [1.82, 2.24) is 5.32 Å². The number of hydrogen-bond donors (Lipinski definition) is 3. The fraction of sp³-hybridized carbons (Fsp3) is 0.909. The zero-order valence-corrected chi connectivity index (χ0v) is 18.5. The van der Waals surface area contributed by atoms with Gasteiger partial charge < -0.3 is 11.1 Å². The fourth-order valence-electron chi connectivity index (χ4n) is 3.18. The third-order valence-electron chi connectivity index (χ3n) is 5.02. The summed E-state index contributed by atoms with van der Waals surface area (Å²) in [5.41, 5.74) is 5.56. The van der Waals surface area contributed by atoms with Crippen LogP contribution in [-0.2, 0) is 9.59 Å². The summed E-state index contributed by atoms with van der Waals surface area (Å²) in [5.74, 6) is 0.462. The molecule has 1 unspecified atom stereocenters. The van der Waals surface area contributed by atoms with Gasteiger partial charge in [0.1, 0.15) is 5.78 Å². The SMILES string of the molecule is CCCCCCCCCCCCCCCC(=O)CCCNC(=O)C(N)CS. The van der Waals surface area contributed by atoms with E-state index < -0.39 is 6.04 Å². The Morgan fingerprint density at radius 2 is 1.22 bits per heavy atom. The Morgan fingerprint density at radius 3 is 1.70 bits per heavy atom. The Morgan fingerprint density at radius 1 is 0.778 bits per heavy atom. The van der Waals surface area contributed by atoms with E-state index in [4.69, 9.17) is 5.73 Å². The van der Waals surface area contributed by atoms with E-state index in [0.717, 1.165) is 12.8 Å². The molecule has 0 aromatic rings. The van der Waals surface area contributed by atoms with Gasteiger partial charge in [0, 0.05) is 25.1 Å². The normalized spacial score (nSPS) is 12.1. The minimum Gasteiger partial charge on any atom is -0.355 e. The number of carbonyl (C=O) groups is 2. The largest absolute Gasteiger partial charge is 0.355 e. The van der Waals surface area contributed by atoms with Gasteiger partial charge in [-0.05, 0) is 12.8 Å². The summed E-state index contributed by atoms with van der Waals surface area (Å²) in [5, 5.41) is 2.74. The van der Waals surface area contributed by atoms with E-state index in [0.29, 0.717) is 37.3 Å². The highest BCUT2D eigenvalue weighted by atomic mass is 32.1. The first kappa shape index (κ1) is 26.4. The lowest BCUT2D eigenvalue weighted by Crippen LogP contribution is -2.42. The molecule has 0 fully saturated rings. The van der Waals surface area contributed by atoms with Gasteiger partial charge in [-0.2, -0.15) is 12.6 Å². The predicted octanol–water partition coefficient (Wildman–Crippen LogP) is 5.19. The van der Waals surface area contributed by atoms with Crippen molar-refractivity contribution in [2.45, 2.75) is 116 Å². The Labute approximate surface area is 173 Å². The standard InChI is InChI=1S/C22H44N2O2S/c1-2-3-4-5-6-7-8-9-10-11-12-13-14-16-20(25)17-15-18-24-22(26)21(23)19-27/h21,27H,2-19,23H2,1H3,(H,24,26). The van der Waals surface area contributed by atoms with E-state index in [9.17, 15) is 9.59 Å². The summed E-state index contributed by atoms with van der Waals surface area (Å²) in [4.78, 5) is 23.3. The summed E-state index contributed by atoms with van der Waals surface area (Å²) >= 11 is 3.99. The van der Waals surface area contributed by atoms with Gasteiger partial charge in [0.2, 0.25) is 5.91 Å². The minimum absolute atomic E-state index is 0.186. The number of unbranched alkanes of at least 4 members (excludes halogenated alkanes) is 12. The van der Waals surface area contributed by atoms with Crippen molar-refractivity contribution in [1.29, 1.82) is 0 Å². The minimum atomic E-state index is -0.560. The smallest absolute Gasteiger partial charge is 0.237 e.